The van der Waals surface area contributed by atoms with Gasteiger partial charge in [0.2, 0.25) is 0 Å². The van der Waals surface area contributed by atoms with Crippen molar-refractivity contribution in [2.75, 3.05) is 0 Å². The number of hydrogen-bond donors (Lipinski definition) is 0. The Balaban J connectivity index is 1.99. The first kappa shape index (κ1) is 13.1. The van der Waals surface area contributed by atoms with Gasteiger partial charge in [0.15, 0.2) is 0 Å². The summed E-state index contributed by atoms with van der Waals surface area (Å²) in [4.78, 5) is 0. The van der Waals surface area contributed by atoms with Crippen LogP contribution in [0.4, 0.5) is 0 Å². The van der Waals surface area contributed by atoms with E-state index in [9.17, 15) is 0 Å². The average molecular weight is 286 g/mol. The van der Waals surface area contributed by atoms with Crippen molar-refractivity contribution in [3.8, 4) is 22.6 Å². The fourth-order valence-electron chi connectivity index (χ4n) is 3.44. The fourth-order valence-corrected chi connectivity index (χ4v) is 3.44. The number of hydrogen-bond acceptors (Lipinski definition) is 1. The second kappa shape index (κ2) is 4.74. The molecule has 1 heteroatoms. The van der Waals surface area contributed by atoms with Crippen LogP contribution < -0.4 is 4.74 Å². The van der Waals surface area contributed by atoms with E-state index in [1.54, 1.807) is 0 Å². The average Bonchev–Trinajstić information content (AvgIpc) is 2.55. The lowest BCUT2D eigenvalue weighted by Gasteiger charge is -2.36. The lowest BCUT2D eigenvalue weighted by molar-refractivity contribution is 0.419. The normalized spacial score (nSPS) is 14.6. The van der Waals surface area contributed by atoms with E-state index in [4.69, 9.17) is 4.74 Å². The van der Waals surface area contributed by atoms with Gasteiger partial charge in [-0.3, -0.25) is 0 Å². The Morgan fingerprint density at radius 2 is 1.36 bits per heavy atom. The van der Waals surface area contributed by atoms with Gasteiger partial charge in [-0.05, 0) is 23.3 Å². The summed E-state index contributed by atoms with van der Waals surface area (Å²) in [6.07, 6.45) is 0. The van der Waals surface area contributed by atoms with E-state index in [1.807, 2.05) is 6.07 Å². The van der Waals surface area contributed by atoms with Gasteiger partial charge in [-0.25, -0.2) is 0 Å². The van der Waals surface area contributed by atoms with Gasteiger partial charge in [-0.1, -0.05) is 74.5 Å². The van der Waals surface area contributed by atoms with E-state index >= 15 is 0 Å². The van der Waals surface area contributed by atoms with E-state index < -0.39 is 0 Å². The standard InChI is InChI=1S/C21H18O/c1-21(2)17-12-6-7-13-18(17)22-19-14-8-11-16(20(19)21)15-9-4-3-5-10-15/h3-14H,1-2H3. The van der Waals surface area contributed by atoms with E-state index in [0.717, 1.165) is 11.5 Å². The Hall–Kier alpha value is -2.54. The van der Waals surface area contributed by atoms with Crippen LogP contribution in [-0.4, -0.2) is 0 Å². The van der Waals surface area contributed by atoms with Crippen LogP contribution in [0.5, 0.6) is 11.5 Å². The molecule has 0 N–H and O–H groups in total. The van der Waals surface area contributed by atoms with Crippen LogP contribution in [0, 0.1) is 0 Å². The van der Waals surface area contributed by atoms with Crippen molar-refractivity contribution in [3.63, 3.8) is 0 Å². The maximum Gasteiger partial charge on any atom is 0.132 e. The summed E-state index contributed by atoms with van der Waals surface area (Å²) < 4.78 is 6.18. The largest absolute Gasteiger partial charge is 0.457 e. The van der Waals surface area contributed by atoms with Crippen LogP contribution in [-0.2, 0) is 5.41 Å². The van der Waals surface area contributed by atoms with Crippen LogP contribution in [0.1, 0.15) is 25.0 Å². The molecule has 0 saturated heterocycles. The molecule has 22 heavy (non-hydrogen) atoms. The molecular weight excluding hydrogens is 268 g/mol. The first-order chi connectivity index (χ1) is 10.7. The molecule has 0 aromatic heterocycles. The molecule has 1 aliphatic heterocycles. The minimum absolute atomic E-state index is 0.0867. The number of benzene rings is 3. The molecule has 0 aliphatic carbocycles. The molecule has 0 radical (unpaired) electrons. The molecule has 1 aliphatic rings. The smallest absolute Gasteiger partial charge is 0.132 e. The van der Waals surface area contributed by atoms with Crippen molar-refractivity contribution in [2.45, 2.75) is 19.3 Å². The Kier molecular flexibility index (Phi) is 2.83. The molecule has 3 aromatic rings. The van der Waals surface area contributed by atoms with Gasteiger partial charge in [0.05, 0.1) is 0 Å². The van der Waals surface area contributed by atoms with Crippen molar-refractivity contribution in [1.29, 1.82) is 0 Å². The molecule has 3 aromatic carbocycles. The molecule has 0 saturated carbocycles. The minimum atomic E-state index is -0.0867. The molecule has 4 rings (SSSR count). The maximum atomic E-state index is 6.18. The van der Waals surface area contributed by atoms with Gasteiger partial charge in [-0.2, -0.15) is 0 Å². The number of fused-ring (bicyclic) bond motifs is 2. The summed E-state index contributed by atoms with van der Waals surface area (Å²) in [6, 6.07) is 25.2. The van der Waals surface area contributed by atoms with Crippen molar-refractivity contribution in [3.05, 3.63) is 83.9 Å². The summed E-state index contributed by atoms with van der Waals surface area (Å²) in [7, 11) is 0. The molecule has 0 atom stereocenters. The zero-order chi connectivity index (χ0) is 15.2. The molecular formula is C21H18O. The van der Waals surface area contributed by atoms with Crippen LogP contribution in [0.25, 0.3) is 11.1 Å². The topological polar surface area (TPSA) is 9.23 Å². The maximum absolute atomic E-state index is 6.18. The Morgan fingerprint density at radius 1 is 0.682 bits per heavy atom. The van der Waals surface area contributed by atoms with E-state index in [2.05, 4.69) is 80.6 Å². The third-order valence-corrected chi connectivity index (χ3v) is 4.52. The summed E-state index contributed by atoms with van der Waals surface area (Å²) in [5.41, 5.74) is 4.90. The molecule has 0 amide bonds. The Morgan fingerprint density at radius 3 is 2.18 bits per heavy atom. The molecule has 0 spiro atoms. The van der Waals surface area contributed by atoms with E-state index in [-0.39, 0.29) is 5.41 Å². The minimum Gasteiger partial charge on any atom is -0.457 e. The summed E-state index contributed by atoms with van der Waals surface area (Å²) in [5, 5.41) is 0. The zero-order valence-electron chi connectivity index (χ0n) is 12.8. The third kappa shape index (κ3) is 1.86. The molecule has 1 heterocycles. The van der Waals surface area contributed by atoms with Gasteiger partial charge in [-0.15, -0.1) is 0 Å². The summed E-state index contributed by atoms with van der Waals surface area (Å²) >= 11 is 0. The fraction of sp³-hybridized carbons (Fsp3) is 0.143. The first-order valence-electron chi connectivity index (χ1n) is 7.64. The van der Waals surface area contributed by atoms with Crippen LogP contribution >= 0.6 is 0 Å². The summed E-state index contributed by atoms with van der Waals surface area (Å²) in [5.74, 6) is 1.93. The molecule has 0 fully saturated rings. The van der Waals surface area contributed by atoms with Crippen molar-refractivity contribution in [1.82, 2.24) is 0 Å². The molecule has 0 unspecified atom stereocenters. The molecule has 1 nitrogen and oxygen atoms in total. The summed E-state index contributed by atoms with van der Waals surface area (Å²) in [6.45, 7) is 4.55. The quantitative estimate of drug-likeness (QED) is 0.550. The van der Waals surface area contributed by atoms with Gasteiger partial charge in [0, 0.05) is 16.5 Å². The third-order valence-electron chi connectivity index (χ3n) is 4.52. The number of rotatable bonds is 1. The highest BCUT2D eigenvalue weighted by Gasteiger charge is 2.35. The predicted molar refractivity (Wildman–Crippen MR) is 90.5 cm³/mol. The second-order valence-electron chi connectivity index (χ2n) is 6.27. The van der Waals surface area contributed by atoms with Gasteiger partial charge in [0.1, 0.15) is 11.5 Å². The monoisotopic (exact) mass is 286 g/mol. The zero-order valence-corrected chi connectivity index (χ0v) is 12.8. The second-order valence-corrected chi connectivity index (χ2v) is 6.27. The van der Waals surface area contributed by atoms with Crippen molar-refractivity contribution < 1.29 is 4.74 Å². The van der Waals surface area contributed by atoms with Gasteiger partial charge >= 0.3 is 0 Å². The Bertz CT molecular complexity index is 832. The highest BCUT2D eigenvalue weighted by molar-refractivity contribution is 5.75. The first-order valence-corrected chi connectivity index (χ1v) is 7.64. The van der Waals surface area contributed by atoms with Crippen LogP contribution in [0.2, 0.25) is 0 Å². The van der Waals surface area contributed by atoms with Crippen LogP contribution in [0.3, 0.4) is 0 Å². The number of ether oxygens (including phenoxy) is 1. The molecule has 0 bridgehead atoms. The van der Waals surface area contributed by atoms with Gasteiger partial charge < -0.3 is 4.74 Å². The lowest BCUT2D eigenvalue weighted by Crippen LogP contribution is -2.25. The van der Waals surface area contributed by atoms with Gasteiger partial charge in [0.25, 0.3) is 0 Å². The Labute approximate surface area is 131 Å². The van der Waals surface area contributed by atoms with E-state index in [0.29, 0.717) is 0 Å². The number of para-hydroxylation sites is 1. The van der Waals surface area contributed by atoms with Crippen LogP contribution in [0.15, 0.2) is 72.8 Å². The molecule has 108 valence electrons. The SMILES string of the molecule is CC1(C)c2ccccc2Oc2cccc(-c3ccccc3)c21. The van der Waals surface area contributed by atoms with E-state index in [1.165, 1.54) is 22.3 Å². The predicted octanol–water partition coefficient (Wildman–Crippen LogP) is 5.79. The lowest BCUT2D eigenvalue weighted by atomic mass is 9.73. The van der Waals surface area contributed by atoms with Crippen molar-refractivity contribution in [2.24, 2.45) is 0 Å². The highest BCUT2D eigenvalue weighted by atomic mass is 16.5. The van der Waals surface area contributed by atoms with Crippen molar-refractivity contribution >= 4 is 0 Å². The highest BCUT2D eigenvalue weighted by Crippen LogP contribution is 2.50.